The molecule has 0 radical (unpaired) electrons. The number of anilines is 2. The van der Waals surface area contributed by atoms with Gasteiger partial charge in [0.1, 0.15) is 12.3 Å². The molecular weight excluding hydrogens is 340 g/mol. The van der Waals surface area contributed by atoms with Crippen LogP contribution >= 0.6 is 11.6 Å². The van der Waals surface area contributed by atoms with Crippen LogP contribution in [0.4, 0.5) is 11.4 Å². The smallest absolute Gasteiger partial charge is 0.244 e. The van der Waals surface area contributed by atoms with Crippen molar-refractivity contribution in [3.8, 4) is 5.75 Å². The first kappa shape index (κ1) is 17.3. The largest absolute Gasteiger partial charge is 0.495 e. The molecule has 1 heterocycles. The van der Waals surface area contributed by atoms with Crippen molar-refractivity contribution >= 4 is 34.8 Å². The molecule has 0 atom stereocenters. The second-order valence-corrected chi connectivity index (χ2v) is 6.86. The molecule has 0 saturated heterocycles. The van der Waals surface area contributed by atoms with Gasteiger partial charge in [0.2, 0.25) is 11.8 Å². The summed E-state index contributed by atoms with van der Waals surface area (Å²) in [7, 11) is 1.54. The summed E-state index contributed by atoms with van der Waals surface area (Å²) in [6, 6.07) is 12.4. The van der Waals surface area contributed by atoms with Crippen molar-refractivity contribution in [3.63, 3.8) is 0 Å². The van der Waals surface area contributed by atoms with Crippen LogP contribution in [0.15, 0.2) is 42.5 Å². The van der Waals surface area contributed by atoms with Gasteiger partial charge in [0.05, 0.1) is 18.2 Å². The molecular formula is C19H19ClN2O3. The first-order chi connectivity index (χ1) is 11.8. The van der Waals surface area contributed by atoms with Gasteiger partial charge in [0, 0.05) is 10.7 Å². The van der Waals surface area contributed by atoms with Crippen LogP contribution in [0.5, 0.6) is 5.75 Å². The van der Waals surface area contributed by atoms with E-state index in [9.17, 15) is 9.59 Å². The Morgan fingerprint density at radius 1 is 1.24 bits per heavy atom. The summed E-state index contributed by atoms with van der Waals surface area (Å²) in [5.41, 5.74) is 1.40. The molecule has 2 aromatic carbocycles. The monoisotopic (exact) mass is 358 g/mol. The number of amides is 2. The zero-order valence-corrected chi connectivity index (χ0v) is 15.1. The molecule has 6 heteroatoms. The lowest BCUT2D eigenvalue weighted by Crippen LogP contribution is -2.40. The van der Waals surface area contributed by atoms with Crippen molar-refractivity contribution in [1.82, 2.24) is 0 Å². The molecule has 1 aliphatic heterocycles. The van der Waals surface area contributed by atoms with Crippen molar-refractivity contribution in [2.24, 2.45) is 0 Å². The van der Waals surface area contributed by atoms with Crippen molar-refractivity contribution in [2.45, 2.75) is 19.3 Å². The average Bonchev–Trinajstić information content (AvgIpc) is 2.76. The lowest BCUT2D eigenvalue weighted by molar-refractivity contribution is -0.124. The highest BCUT2D eigenvalue weighted by molar-refractivity contribution is 6.31. The number of carbonyl (C=O) groups is 2. The quantitative estimate of drug-likeness (QED) is 0.908. The second kappa shape index (κ2) is 6.41. The minimum atomic E-state index is -0.717. The fraction of sp³-hybridized carbons (Fsp3) is 0.263. The zero-order chi connectivity index (χ0) is 18.2. The Balaban J connectivity index is 1.84. The van der Waals surface area contributed by atoms with Gasteiger partial charge in [0.25, 0.3) is 0 Å². The van der Waals surface area contributed by atoms with Crippen molar-refractivity contribution in [3.05, 3.63) is 53.1 Å². The number of hydrogen-bond acceptors (Lipinski definition) is 3. The number of halogens is 1. The van der Waals surface area contributed by atoms with Crippen molar-refractivity contribution in [2.75, 3.05) is 23.9 Å². The molecule has 0 bridgehead atoms. The SMILES string of the molecule is COc1ccccc1NC(=O)CN1C(=O)C(C)(C)c2cc(Cl)ccc21. The van der Waals surface area contributed by atoms with Crippen LogP contribution < -0.4 is 15.0 Å². The Morgan fingerprint density at radius 2 is 1.96 bits per heavy atom. The fourth-order valence-electron chi connectivity index (χ4n) is 3.04. The van der Waals surface area contributed by atoms with Crippen molar-refractivity contribution < 1.29 is 14.3 Å². The lowest BCUT2D eigenvalue weighted by atomic mass is 9.86. The van der Waals surface area contributed by atoms with E-state index >= 15 is 0 Å². The van der Waals surface area contributed by atoms with Crippen LogP contribution in [0.2, 0.25) is 5.02 Å². The molecule has 0 saturated carbocycles. The number of nitrogens with zero attached hydrogens (tertiary/aromatic N) is 1. The van der Waals surface area contributed by atoms with Gasteiger partial charge in [-0.2, -0.15) is 0 Å². The van der Waals surface area contributed by atoms with E-state index in [2.05, 4.69) is 5.32 Å². The summed E-state index contributed by atoms with van der Waals surface area (Å²) in [5, 5.41) is 3.36. The van der Waals surface area contributed by atoms with Crippen molar-refractivity contribution in [1.29, 1.82) is 0 Å². The Kier molecular flexibility index (Phi) is 4.43. The maximum absolute atomic E-state index is 12.8. The van der Waals surface area contributed by atoms with Gasteiger partial charge in [0.15, 0.2) is 0 Å². The number of fused-ring (bicyclic) bond motifs is 1. The molecule has 0 spiro atoms. The van der Waals surface area contributed by atoms with Crippen LogP contribution in [0.1, 0.15) is 19.4 Å². The third kappa shape index (κ3) is 3.07. The van der Waals surface area contributed by atoms with E-state index in [1.807, 2.05) is 19.9 Å². The number of ether oxygens (including phenoxy) is 1. The van der Waals surface area contributed by atoms with Gasteiger partial charge in [-0.3, -0.25) is 9.59 Å². The third-order valence-corrected chi connectivity index (χ3v) is 4.62. The number of nitrogens with one attached hydrogen (secondary N) is 1. The number of para-hydroxylation sites is 2. The molecule has 2 aromatic rings. The first-order valence-electron chi connectivity index (χ1n) is 7.89. The number of benzene rings is 2. The van der Waals surface area contributed by atoms with Gasteiger partial charge >= 0.3 is 0 Å². The topological polar surface area (TPSA) is 58.6 Å². The first-order valence-corrected chi connectivity index (χ1v) is 8.27. The minimum absolute atomic E-state index is 0.0745. The highest BCUT2D eigenvalue weighted by Gasteiger charge is 2.44. The van der Waals surface area contributed by atoms with Crippen LogP contribution in [0, 0.1) is 0 Å². The summed E-state index contributed by atoms with van der Waals surface area (Å²) in [5.74, 6) is 0.146. The average molecular weight is 359 g/mol. The molecule has 0 aromatic heterocycles. The van der Waals surface area contributed by atoms with E-state index in [1.165, 1.54) is 12.0 Å². The van der Waals surface area contributed by atoms with E-state index in [4.69, 9.17) is 16.3 Å². The molecule has 130 valence electrons. The molecule has 3 rings (SSSR count). The Bertz CT molecular complexity index is 848. The summed E-state index contributed by atoms with van der Waals surface area (Å²) in [4.78, 5) is 26.8. The Morgan fingerprint density at radius 3 is 2.68 bits per heavy atom. The number of methoxy groups -OCH3 is 1. The molecule has 0 aliphatic carbocycles. The summed E-state index contributed by atoms with van der Waals surface area (Å²) < 4.78 is 5.23. The van der Waals surface area contributed by atoms with Gasteiger partial charge < -0.3 is 15.0 Å². The van der Waals surface area contributed by atoms with Crippen LogP contribution in [-0.4, -0.2) is 25.5 Å². The van der Waals surface area contributed by atoms with E-state index in [0.29, 0.717) is 16.5 Å². The van der Waals surface area contributed by atoms with Gasteiger partial charge in [-0.1, -0.05) is 23.7 Å². The van der Waals surface area contributed by atoms with Gasteiger partial charge in [-0.15, -0.1) is 0 Å². The summed E-state index contributed by atoms with van der Waals surface area (Å²) >= 11 is 6.07. The maximum atomic E-state index is 12.8. The van der Waals surface area contributed by atoms with Crippen LogP contribution in [0.3, 0.4) is 0 Å². The highest BCUT2D eigenvalue weighted by Crippen LogP contribution is 2.42. The van der Waals surface area contributed by atoms with E-state index in [-0.39, 0.29) is 18.4 Å². The predicted octanol–water partition coefficient (Wildman–Crippen LogP) is 3.61. The molecule has 1 N–H and O–H groups in total. The third-order valence-electron chi connectivity index (χ3n) is 4.39. The second-order valence-electron chi connectivity index (χ2n) is 6.43. The summed E-state index contributed by atoms with van der Waals surface area (Å²) in [6.07, 6.45) is 0. The highest BCUT2D eigenvalue weighted by atomic mass is 35.5. The molecule has 0 fully saturated rings. The lowest BCUT2D eigenvalue weighted by Gasteiger charge is -2.20. The van der Waals surface area contributed by atoms with E-state index in [1.54, 1.807) is 36.4 Å². The summed E-state index contributed by atoms with van der Waals surface area (Å²) in [6.45, 7) is 3.60. The van der Waals surface area contributed by atoms with Gasteiger partial charge in [-0.05, 0) is 49.7 Å². The number of rotatable bonds is 4. The Hall–Kier alpha value is -2.53. The number of hydrogen-bond donors (Lipinski definition) is 1. The van der Waals surface area contributed by atoms with Gasteiger partial charge in [-0.25, -0.2) is 0 Å². The zero-order valence-electron chi connectivity index (χ0n) is 14.3. The minimum Gasteiger partial charge on any atom is -0.495 e. The van der Waals surface area contributed by atoms with Crippen LogP contribution in [0.25, 0.3) is 0 Å². The molecule has 0 unspecified atom stereocenters. The van der Waals surface area contributed by atoms with Crippen LogP contribution in [-0.2, 0) is 15.0 Å². The normalized spacial score (nSPS) is 15.0. The molecule has 2 amide bonds. The van der Waals surface area contributed by atoms with E-state index < -0.39 is 5.41 Å². The molecule has 1 aliphatic rings. The molecule has 25 heavy (non-hydrogen) atoms. The Labute approximate surface area is 151 Å². The molecule has 5 nitrogen and oxygen atoms in total. The fourth-order valence-corrected chi connectivity index (χ4v) is 3.22. The standard InChI is InChI=1S/C19H19ClN2O3/c1-19(2)13-10-12(20)8-9-15(13)22(18(19)24)11-17(23)21-14-6-4-5-7-16(14)25-3/h4-10H,11H2,1-3H3,(H,21,23). The van der Waals surface area contributed by atoms with E-state index in [0.717, 1.165) is 11.3 Å². The number of carbonyl (C=O) groups excluding carboxylic acids is 2. The predicted molar refractivity (Wildman–Crippen MR) is 98.5 cm³/mol. The maximum Gasteiger partial charge on any atom is 0.244 e.